The van der Waals surface area contributed by atoms with E-state index in [2.05, 4.69) is 30.7 Å². The molecule has 5 heterocycles. The molecule has 1 spiro atoms. The second-order valence-corrected chi connectivity index (χ2v) is 7.79. The number of rotatable bonds is 3. The quantitative estimate of drug-likeness (QED) is 0.760. The highest BCUT2D eigenvalue weighted by molar-refractivity contribution is 5.48. The molecule has 2 aromatic heterocycles. The van der Waals surface area contributed by atoms with Crippen molar-refractivity contribution in [1.29, 1.82) is 0 Å². The molecule has 3 fully saturated rings. The second-order valence-electron chi connectivity index (χ2n) is 7.79. The smallest absolute Gasteiger partial charge is 0.227 e. The van der Waals surface area contributed by atoms with Gasteiger partial charge in [-0.25, -0.2) is 15.0 Å². The van der Waals surface area contributed by atoms with Gasteiger partial charge >= 0.3 is 0 Å². The summed E-state index contributed by atoms with van der Waals surface area (Å²) < 4.78 is 11.7. The molecular weight excluding hydrogens is 370 g/mol. The van der Waals surface area contributed by atoms with Crippen LogP contribution in [0.4, 0.5) is 17.7 Å². The van der Waals surface area contributed by atoms with Crippen LogP contribution in [-0.2, 0) is 9.47 Å². The van der Waals surface area contributed by atoms with Crippen LogP contribution in [0.15, 0.2) is 24.5 Å². The summed E-state index contributed by atoms with van der Waals surface area (Å²) in [7, 11) is 0. The minimum absolute atomic E-state index is 0.376. The number of ether oxygens (including phenoxy) is 2. The summed E-state index contributed by atoms with van der Waals surface area (Å²) in [4.78, 5) is 25.1. The number of hydrogen-bond donors (Lipinski definition) is 0. The van der Waals surface area contributed by atoms with E-state index in [0.29, 0.717) is 13.2 Å². The van der Waals surface area contributed by atoms with Gasteiger partial charge in [-0.05, 0) is 13.0 Å². The van der Waals surface area contributed by atoms with Gasteiger partial charge in [0.15, 0.2) is 5.79 Å². The van der Waals surface area contributed by atoms with Gasteiger partial charge in [0.05, 0.1) is 13.2 Å². The van der Waals surface area contributed by atoms with Gasteiger partial charge in [-0.2, -0.15) is 4.98 Å². The van der Waals surface area contributed by atoms with Crippen molar-refractivity contribution in [2.45, 2.75) is 25.6 Å². The van der Waals surface area contributed by atoms with Crippen molar-refractivity contribution in [3.05, 3.63) is 30.2 Å². The zero-order chi connectivity index (χ0) is 19.7. The predicted molar refractivity (Wildman–Crippen MR) is 109 cm³/mol. The third kappa shape index (κ3) is 3.84. The van der Waals surface area contributed by atoms with Gasteiger partial charge in [-0.15, -0.1) is 0 Å². The SMILES string of the molecule is Cc1cc(N2CCN(c3ncccn3)CC2)nc(N2CCC3(CC2)OCCO3)n1. The Morgan fingerprint density at radius 1 is 0.793 bits per heavy atom. The van der Waals surface area contributed by atoms with Crippen LogP contribution in [0.5, 0.6) is 0 Å². The third-order valence-corrected chi connectivity index (χ3v) is 5.89. The lowest BCUT2D eigenvalue weighted by atomic mass is 10.0. The maximum absolute atomic E-state index is 5.84. The lowest BCUT2D eigenvalue weighted by Crippen LogP contribution is -2.48. The first kappa shape index (κ1) is 18.5. The molecule has 5 rings (SSSR count). The van der Waals surface area contributed by atoms with Crippen LogP contribution < -0.4 is 14.7 Å². The average Bonchev–Trinajstić information content (AvgIpc) is 3.22. The molecule has 2 aromatic rings. The fraction of sp³-hybridized carbons (Fsp3) is 0.600. The van der Waals surface area contributed by atoms with E-state index in [0.717, 1.165) is 75.5 Å². The summed E-state index contributed by atoms with van der Waals surface area (Å²) in [6.07, 6.45) is 5.29. The highest BCUT2D eigenvalue weighted by Gasteiger charge is 2.40. The van der Waals surface area contributed by atoms with E-state index in [-0.39, 0.29) is 5.79 Å². The van der Waals surface area contributed by atoms with E-state index in [1.54, 1.807) is 12.4 Å². The summed E-state index contributed by atoms with van der Waals surface area (Å²) in [5.41, 5.74) is 0.993. The predicted octanol–water partition coefficient (Wildman–Crippen LogP) is 1.24. The Morgan fingerprint density at radius 3 is 2.10 bits per heavy atom. The maximum Gasteiger partial charge on any atom is 0.227 e. The molecule has 0 amide bonds. The van der Waals surface area contributed by atoms with E-state index < -0.39 is 0 Å². The van der Waals surface area contributed by atoms with Gasteiger partial charge in [0.1, 0.15) is 5.82 Å². The molecule has 9 nitrogen and oxygen atoms in total. The van der Waals surface area contributed by atoms with E-state index >= 15 is 0 Å². The molecule has 0 bridgehead atoms. The van der Waals surface area contributed by atoms with E-state index in [4.69, 9.17) is 19.4 Å². The fourth-order valence-corrected chi connectivity index (χ4v) is 4.26. The number of aromatic nitrogens is 4. The Bertz CT molecular complexity index is 826. The molecule has 0 saturated carbocycles. The van der Waals surface area contributed by atoms with Crippen LogP contribution in [-0.4, -0.2) is 78.2 Å². The van der Waals surface area contributed by atoms with Crippen molar-refractivity contribution in [2.75, 3.05) is 67.2 Å². The molecule has 0 N–H and O–H groups in total. The molecular formula is C20H27N7O2. The monoisotopic (exact) mass is 397 g/mol. The van der Waals surface area contributed by atoms with Gasteiger partial charge in [-0.1, -0.05) is 0 Å². The molecule has 3 aliphatic rings. The summed E-state index contributed by atoms with van der Waals surface area (Å²) in [5.74, 6) is 2.22. The first-order chi connectivity index (χ1) is 14.2. The number of aryl methyl sites for hydroxylation is 1. The molecule has 0 aromatic carbocycles. The molecule has 154 valence electrons. The third-order valence-electron chi connectivity index (χ3n) is 5.89. The van der Waals surface area contributed by atoms with Crippen LogP contribution in [0.2, 0.25) is 0 Å². The number of nitrogens with zero attached hydrogens (tertiary/aromatic N) is 7. The molecule has 0 radical (unpaired) electrons. The molecule has 3 saturated heterocycles. The minimum atomic E-state index is -0.376. The Balaban J connectivity index is 1.26. The molecule has 29 heavy (non-hydrogen) atoms. The number of hydrogen-bond acceptors (Lipinski definition) is 9. The van der Waals surface area contributed by atoms with Crippen molar-refractivity contribution in [1.82, 2.24) is 19.9 Å². The number of piperidine rings is 1. The first-order valence-corrected chi connectivity index (χ1v) is 10.4. The van der Waals surface area contributed by atoms with Gasteiger partial charge < -0.3 is 24.2 Å². The first-order valence-electron chi connectivity index (χ1n) is 10.4. The topological polar surface area (TPSA) is 79.7 Å². The standard InChI is InChI=1S/C20H27N7O2/c1-16-15-17(25-9-11-27(12-10-25)18-21-5-2-6-22-18)24-19(23-16)26-7-3-20(4-8-26)28-13-14-29-20/h2,5-6,15H,3-4,7-14H2,1H3. The summed E-state index contributed by atoms with van der Waals surface area (Å²) in [6, 6.07) is 3.92. The van der Waals surface area contributed by atoms with Crippen molar-refractivity contribution >= 4 is 17.7 Å². The maximum atomic E-state index is 5.84. The average molecular weight is 397 g/mol. The van der Waals surface area contributed by atoms with Crippen LogP contribution in [0, 0.1) is 6.92 Å². The van der Waals surface area contributed by atoms with Gasteiger partial charge in [0.25, 0.3) is 0 Å². The zero-order valence-electron chi connectivity index (χ0n) is 16.8. The Labute approximate surface area is 170 Å². The van der Waals surface area contributed by atoms with Gasteiger partial charge in [-0.3, -0.25) is 0 Å². The Morgan fingerprint density at radius 2 is 1.41 bits per heavy atom. The molecule has 0 atom stereocenters. The van der Waals surface area contributed by atoms with Crippen LogP contribution >= 0.6 is 0 Å². The van der Waals surface area contributed by atoms with Crippen molar-refractivity contribution in [2.24, 2.45) is 0 Å². The highest BCUT2D eigenvalue weighted by Crippen LogP contribution is 2.32. The molecule has 3 aliphatic heterocycles. The number of piperazine rings is 1. The fourth-order valence-electron chi connectivity index (χ4n) is 4.26. The summed E-state index contributed by atoms with van der Waals surface area (Å²) >= 11 is 0. The Hall–Kier alpha value is -2.52. The normalized spacial score (nSPS) is 21.8. The summed E-state index contributed by atoms with van der Waals surface area (Å²) in [6.45, 7) is 8.67. The second kappa shape index (κ2) is 7.72. The Kier molecular flexibility index (Phi) is 4.92. The van der Waals surface area contributed by atoms with Crippen molar-refractivity contribution in [3.8, 4) is 0 Å². The summed E-state index contributed by atoms with van der Waals surface area (Å²) in [5, 5.41) is 0. The van der Waals surface area contributed by atoms with Crippen LogP contribution in [0.1, 0.15) is 18.5 Å². The van der Waals surface area contributed by atoms with E-state index in [1.807, 2.05) is 13.0 Å². The van der Waals surface area contributed by atoms with Crippen molar-refractivity contribution < 1.29 is 9.47 Å². The lowest BCUT2D eigenvalue weighted by Gasteiger charge is -2.38. The minimum Gasteiger partial charge on any atom is -0.353 e. The lowest BCUT2D eigenvalue weighted by molar-refractivity contribution is -0.169. The van der Waals surface area contributed by atoms with Crippen LogP contribution in [0.3, 0.4) is 0 Å². The van der Waals surface area contributed by atoms with Crippen molar-refractivity contribution in [3.63, 3.8) is 0 Å². The van der Waals surface area contributed by atoms with E-state index in [9.17, 15) is 0 Å². The largest absolute Gasteiger partial charge is 0.353 e. The number of anilines is 3. The highest BCUT2D eigenvalue weighted by atomic mass is 16.7. The molecule has 0 unspecified atom stereocenters. The van der Waals surface area contributed by atoms with E-state index in [1.165, 1.54) is 0 Å². The zero-order valence-corrected chi connectivity index (χ0v) is 16.8. The molecule has 0 aliphatic carbocycles. The van der Waals surface area contributed by atoms with Crippen LogP contribution in [0.25, 0.3) is 0 Å². The van der Waals surface area contributed by atoms with Gasteiger partial charge in [0, 0.05) is 76.3 Å². The molecule has 9 heteroatoms. The van der Waals surface area contributed by atoms with Gasteiger partial charge in [0.2, 0.25) is 11.9 Å².